The van der Waals surface area contributed by atoms with E-state index in [9.17, 15) is 0 Å². The highest BCUT2D eigenvalue weighted by atomic mass is 15.0. The van der Waals surface area contributed by atoms with Gasteiger partial charge in [-0.1, -0.05) is 18.2 Å². The summed E-state index contributed by atoms with van der Waals surface area (Å²) in [6.45, 7) is 0. The van der Waals surface area contributed by atoms with Crippen molar-refractivity contribution in [3.05, 3.63) is 47.7 Å². The quantitative estimate of drug-likeness (QED) is 0.405. The van der Waals surface area contributed by atoms with E-state index in [1.807, 2.05) is 30.3 Å². The Morgan fingerprint density at radius 3 is 2.19 bits per heavy atom. The number of hydrogen-bond acceptors (Lipinski definition) is 4. The summed E-state index contributed by atoms with van der Waals surface area (Å²) in [5, 5.41) is 0. The van der Waals surface area contributed by atoms with Crippen LogP contribution < -0.4 is 22.9 Å². The summed E-state index contributed by atoms with van der Waals surface area (Å²) in [5.41, 5.74) is 25.8. The second-order valence-electron chi connectivity index (χ2n) is 4.18. The zero-order chi connectivity index (χ0) is 11.8. The molecule has 0 saturated carbocycles. The van der Waals surface area contributed by atoms with E-state index in [4.69, 9.17) is 22.9 Å². The number of nitrogen functional groups attached to an aromatic ring is 1. The summed E-state index contributed by atoms with van der Waals surface area (Å²) < 4.78 is 0. The lowest BCUT2D eigenvalue weighted by Gasteiger charge is -2.26. The van der Waals surface area contributed by atoms with Crippen LogP contribution in [0.3, 0.4) is 0 Å². The average molecular weight is 216 g/mol. The molecule has 84 valence electrons. The second kappa shape index (κ2) is 3.66. The first-order chi connectivity index (χ1) is 7.48. The largest absolute Gasteiger partial charge is 0.401 e. The van der Waals surface area contributed by atoms with Gasteiger partial charge in [0.25, 0.3) is 0 Å². The van der Waals surface area contributed by atoms with Gasteiger partial charge in [-0.15, -0.1) is 0 Å². The van der Waals surface area contributed by atoms with Crippen molar-refractivity contribution >= 4 is 11.3 Å². The molecule has 1 aromatic rings. The SMILES string of the molecule is NC1=C(c2ccc(N)cc2)C=CC(N)(N)C1. The van der Waals surface area contributed by atoms with Gasteiger partial charge in [-0.3, -0.25) is 0 Å². The van der Waals surface area contributed by atoms with E-state index < -0.39 is 5.66 Å². The smallest absolute Gasteiger partial charge is 0.0887 e. The fourth-order valence-corrected chi connectivity index (χ4v) is 1.77. The number of rotatable bonds is 1. The van der Waals surface area contributed by atoms with Crippen LogP contribution in [0.2, 0.25) is 0 Å². The van der Waals surface area contributed by atoms with Crippen LogP contribution in [-0.4, -0.2) is 5.66 Å². The summed E-state index contributed by atoms with van der Waals surface area (Å²) in [7, 11) is 0. The summed E-state index contributed by atoms with van der Waals surface area (Å²) in [6.07, 6.45) is 4.10. The Morgan fingerprint density at radius 2 is 1.62 bits per heavy atom. The minimum Gasteiger partial charge on any atom is -0.401 e. The molecule has 0 aromatic heterocycles. The van der Waals surface area contributed by atoms with E-state index in [1.165, 1.54) is 0 Å². The molecule has 0 bridgehead atoms. The fourth-order valence-electron chi connectivity index (χ4n) is 1.77. The van der Waals surface area contributed by atoms with Crippen LogP contribution in [0.4, 0.5) is 5.69 Å². The van der Waals surface area contributed by atoms with Crippen LogP contribution >= 0.6 is 0 Å². The maximum atomic E-state index is 5.96. The molecule has 0 radical (unpaired) electrons. The molecule has 0 atom stereocenters. The molecule has 0 fully saturated rings. The van der Waals surface area contributed by atoms with Crippen LogP contribution in [0.25, 0.3) is 5.57 Å². The predicted molar refractivity (Wildman–Crippen MR) is 66.8 cm³/mol. The van der Waals surface area contributed by atoms with E-state index in [-0.39, 0.29) is 0 Å². The lowest BCUT2D eigenvalue weighted by Crippen LogP contribution is -2.49. The minimum absolute atomic E-state index is 0.462. The highest BCUT2D eigenvalue weighted by Gasteiger charge is 2.22. The highest BCUT2D eigenvalue weighted by Crippen LogP contribution is 2.27. The maximum absolute atomic E-state index is 5.96. The molecule has 0 unspecified atom stereocenters. The number of anilines is 1. The molecule has 0 aliphatic heterocycles. The molecule has 16 heavy (non-hydrogen) atoms. The normalized spacial score (nSPS) is 18.9. The third kappa shape index (κ3) is 2.08. The summed E-state index contributed by atoms with van der Waals surface area (Å²) >= 11 is 0. The van der Waals surface area contributed by atoms with Gasteiger partial charge >= 0.3 is 0 Å². The average Bonchev–Trinajstić information content (AvgIpc) is 2.19. The van der Waals surface area contributed by atoms with Crippen LogP contribution in [0.1, 0.15) is 12.0 Å². The lowest BCUT2D eigenvalue weighted by molar-refractivity contribution is 0.541. The summed E-state index contributed by atoms with van der Waals surface area (Å²) in [5.74, 6) is 0. The second-order valence-corrected chi connectivity index (χ2v) is 4.18. The van der Waals surface area contributed by atoms with Gasteiger partial charge in [0.1, 0.15) is 0 Å². The predicted octanol–water partition coefficient (Wildman–Crippen LogP) is 0.512. The monoisotopic (exact) mass is 216 g/mol. The van der Waals surface area contributed by atoms with Crippen molar-refractivity contribution in [1.82, 2.24) is 0 Å². The first kappa shape index (κ1) is 10.7. The van der Waals surface area contributed by atoms with Crippen molar-refractivity contribution in [3.63, 3.8) is 0 Å². The molecule has 0 heterocycles. The van der Waals surface area contributed by atoms with Crippen molar-refractivity contribution in [3.8, 4) is 0 Å². The molecule has 1 aliphatic carbocycles. The third-order valence-electron chi connectivity index (χ3n) is 2.62. The van der Waals surface area contributed by atoms with Crippen molar-refractivity contribution in [1.29, 1.82) is 0 Å². The molecular weight excluding hydrogens is 200 g/mol. The fraction of sp³-hybridized carbons (Fsp3) is 0.167. The molecule has 2 rings (SSSR count). The van der Waals surface area contributed by atoms with Gasteiger partial charge in [0.05, 0.1) is 5.66 Å². The van der Waals surface area contributed by atoms with Crippen LogP contribution in [-0.2, 0) is 0 Å². The Morgan fingerprint density at radius 1 is 1.00 bits per heavy atom. The molecule has 4 heteroatoms. The van der Waals surface area contributed by atoms with Crippen LogP contribution in [0, 0.1) is 0 Å². The first-order valence-corrected chi connectivity index (χ1v) is 5.09. The van der Waals surface area contributed by atoms with E-state index in [1.54, 1.807) is 6.08 Å². The molecule has 8 N–H and O–H groups in total. The summed E-state index contributed by atoms with van der Waals surface area (Å²) in [6, 6.07) is 7.55. The van der Waals surface area contributed by atoms with Gasteiger partial charge in [0.15, 0.2) is 0 Å². The van der Waals surface area contributed by atoms with E-state index >= 15 is 0 Å². The van der Waals surface area contributed by atoms with Gasteiger partial charge in [0.2, 0.25) is 0 Å². The molecule has 0 saturated heterocycles. The number of nitrogens with two attached hydrogens (primary N) is 4. The number of benzene rings is 1. The zero-order valence-electron chi connectivity index (χ0n) is 8.98. The van der Waals surface area contributed by atoms with Crippen LogP contribution in [0.5, 0.6) is 0 Å². The molecule has 1 aromatic carbocycles. The van der Waals surface area contributed by atoms with Crippen molar-refractivity contribution < 1.29 is 0 Å². The third-order valence-corrected chi connectivity index (χ3v) is 2.62. The Kier molecular flexibility index (Phi) is 2.46. The van der Waals surface area contributed by atoms with Gasteiger partial charge in [0, 0.05) is 23.4 Å². The van der Waals surface area contributed by atoms with Gasteiger partial charge in [-0.25, -0.2) is 0 Å². The van der Waals surface area contributed by atoms with Crippen molar-refractivity contribution in [2.45, 2.75) is 12.1 Å². The molecular formula is C12H16N4. The minimum atomic E-state index is -0.832. The van der Waals surface area contributed by atoms with Gasteiger partial charge in [-0.2, -0.15) is 0 Å². The number of allylic oxidation sites excluding steroid dienone is 2. The molecule has 0 amide bonds. The highest BCUT2D eigenvalue weighted by molar-refractivity contribution is 5.78. The van der Waals surface area contributed by atoms with Gasteiger partial charge in [-0.05, 0) is 23.8 Å². The van der Waals surface area contributed by atoms with Crippen LogP contribution in [0.15, 0.2) is 42.1 Å². The van der Waals surface area contributed by atoms with E-state index in [0.717, 1.165) is 16.8 Å². The van der Waals surface area contributed by atoms with E-state index in [0.29, 0.717) is 12.1 Å². The Balaban J connectivity index is 2.36. The van der Waals surface area contributed by atoms with Crippen molar-refractivity contribution in [2.24, 2.45) is 17.2 Å². The molecule has 1 aliphatic rings. The Labute approximate surface area is 94.6 Å². The maximum Gasteiger partial charge on any atom is 0.0887 e. The number of hydrogen-bond donors (Lipinski definition) is 4. The molecule has 4 nitrogen and oxygen atoms in total. The zero-order valence-corrected chi connectivity index (χ0v) is 8.98. The van der Waals surface area contributed by atoms with E-state index in [2.05, 4.69) is 0 Å². The topological polar surface area (TPSA) is 104 Å². The summed E-state index contributed by atoms with van der Waals surface area (Å²) in [4.78, 5) is 0. The van der Waals surface area contributed by atoms with Gasteiger partial charge < -0.3 is 22.9 Å². The standard InChI is InChI=1S/C12H16N4/c13-9-3-1-8(2-4-9)10-5-6-12(15,16)7-11(10)14/h1-6H,7,13-16H2. The molecule has 0 spiro atoms. The Hall–Kier alpha value is -1.78. The van der Waals surface area contributed by atoms with Crippen molar-refractivity contribution in [2.75, 3.05) is 5.73 Å². The Bertz CT molecular complexity index is 454. The first-order valence-electron chi connectivity index (χ1n) is 5.09. The lowest BCUT2D eigenvalue weighted by atomic mass is 9.91.